The van der Waals surface area contributed by atoms with Crippen LogP contribution in [0.25, 0.3) is 0 Å². The summed E-state index contributed by atoms with van der Waals surface area (Å²) < 4.78 is 5.05. The number of ether oxygens (including phenoxy) is 1. The standard InChI is InChI=1S/C22H39N3O4/c1-8-17(23-20(26)18-12-10-11-13-24(18)6)21(27)25(7)19(15(3)4)14-16(5)22(28)29-9-2/h14-15,17-19H,8-13H2,1-7H3,(H,23,26)/t17?,18-,19-/m1/s1. The minimum atomic E-state index is -0.583. The Kier molecular flexibility index (Phi) is 10.4. The Hall–Kier alpha value is -1.89. The number of nitrogens with zero attached hydrogens (tertiary/aromatic N) is 2. The molecule has 0 aromatic carbocycles. The van der Waals surface area contributed by atoms with Gasteiger partial charge in [0.05, 0.1) is 18.7 Å². The van der Waals surface area contributed by atoms with Gasteiger partial charge in [0.15, 0.2) is 0 Å². The van der Waals surface area contributed by atoms with Crippen LogP contribution < -0.4 is 5.32 Å². The zero-order chi connectivity index (χ0) is 22.1. The van der Waals surface area contributed by atoms with Gasteiger partial charge in [-0.25, -0.2) is 4.79 Å². The number of carbonyl (C=O) groups is 3. The third-order valence-electron chi connectivity index (χ3n) is 5.59. The Morgan fingerprint density at radius 1 is 1.24 bits per heavy atom. The molecule has 0 bridgehead atoms. The minimum absolute atomic E-state index is 0.0832. The normalized spacial score (nSPS) is 20.1. The summed E-state index contributed by atoms with van der Waals surface area (Å²) in [5.74, 6) is -0.503. The SMILES string of the molecule is CCOC(=O)C(C)=C[C@H](C(C)C)N(C)C(=O)C(CC)NC(=O)[C@H]1CCCCN1C. The molecule has 1 saturated heterocycles. The van der Waals surface area contributed by atoms with Crippen molar-refractivity contribution in [1.29, 1.82) is 0 Å². The molecule has 0 spiro atoms. The molecule has 3 atom stereocenters. The van der Waals surface area contributed by atoms with Crippen LogP contribution in [0, 0.1) is 5.92 Å². The van der Waals surface area contributed by atoms with Crippen molar-refractivity contribution in [1.82, 2.24) is 15.1 Å². The maximum Gasteiger partial charge on any atom is 0.333 e. The van der Waals surface area contributed by atoms with Crippen LogP contribution in [0.5, 0.6) is 0 Å². The highest BCUT2D eigenvalue weighted by Crippen LogP contribution is 2.18. The summed E-state index contributed by atoms with van der Waals surface area (Å²) in [5.41, 5.74) is 0.478. The molecule has 1 rings (SSSR count). The number of likely N-dealkylation sites (N-methyl/N-ethyl adjacent to an activating group) is 2. The van der Waals surface area contributed by atoms with Crippen LogP contribution in [0.3, 0.4) is 0 Å². The van der Waals surface area contributed by atoms with Crippen LogP contribution >= 0.6 is 0 Å². The number of carbonyl (C=O) groups excluding carboxylic acids is 3. The molecule has 1 aliphatic heterocycles. The molecule has 7 heteroatoms. The average molecular weight is 410 g/mol. The summed E-state index contributed by atoms with van der Waals surface area (Å²) in [5, 5.41) is 2.95. The number of piperidine rings is 1. The quantitative estimate of drug-likeness (QED) is 0.467. The van der Waals surface area contributed by atoms with Gasteiger partial charge in [-0.05, 0) is 52.6 Å². The predicted molar refractivity (Wildman–Crippen MR) is 114 cm³/mol. The van der Waals surface area contributed by atoms with Gasteiger partial charge >= 0.3 is 5.97 Å². The average Bonchev–Trinajstić information content (AvgIpc) is 2.69. The van der Waals surface area contributed by atoms with Crippen molar-refractivity contribution < 1.29 is 19.1 Å². The van der Waals surface area contributed by atoms with Crippen molar-refractivity contribution in [3.8, 4) is 0 Å². The van der Waals surface area contributed by atoms with Gasteiger partial charge in [-0.2, -0.15) is 0 Å². The molecule has 1 heterocycles. The van der Waals surface area contributed by atoms with Crippen LogP contribution in [0.1, 0.15) is 60.3 Å². The van der Waals surface area contributed by atoms with Crippen LogP contribution in [-0.4, -0.2) is 73.0 Å². The summed E-state index contributed by atoms with van der Waals surface area (Å²) in [4.78, 5) is 41.6. The third-order valence-corrected chi connectivity index (χ3v) is 5.59. The Bertz CT molecular complexity index is 603. The van der Waals surface area contributed by atoms with E-state index in [1.807, 2.05) is 27.8 Å². The number of hydrogen-bond acceptors (Lipinski definition) is 5. The van der Waals surface area contributed by atoms with Gasteiger partial charge in [0.1, 0.15) is 6.04 Å². The van der Waals surface area contributed by atoms with Gasteiger partial charge in [-0.15, -0.1) is 0 Å². The number of hydrogen-bond donors (Lipinski definition) is 1. The Labute approximate surface area is 175 Å². The first-order valence-electron chi connectivity index (χ1n) is 10.8. The monoisotopic (exact) mass is 409 g/mol. The minimum Gasteiger partial charge on any atom is -0.463 e. The van der Waals surface area contributed by atoms with Gasteiger partial charge in [-0.3, -0.25) is 14.5 Å². The van der Waals surface area contributed by atoms with Crippen LogP contribution in [0.4, 0.5) is 0 Å². The van der Waals surface area contributed by atoms with E-state index in [0.717, 1.165) is 25.8 Å². The number of esters is 1. The van der Waals surface area contributed by atoms with E-state index in [1.54, 1.807) is 31.9 Å². The van der Waals surface area contributed by atoms with E-state index in [0.29, 0.717) is 18.6 Å². The van der Waals surface area contributed by atoms with Crippen molar-refractivity contribution in [3.05, 3.63) is 11.6 Å². The second-order valence-corrected chi connectivity index (χ2v) is 8.22. The highest BCUT2D eigenvalue weighted by atomic mass is 16.5. The molecule has 1 fully saturated rings. The molecule has 0 aromatic heterocycles. The van der Waals surface area contributed by atoms with Gasteiger partial charge in [0.25, 0.3) is 0 Å². The highest BCUT2D eigenvalue weighted by Gasteiger charge is 2.32. The summed E-state index contributed by atoms with van der Waals surface area (Å²) in [6.07, 6.45) is 5.24. The molecule has 0 aromatic rings. The molecule has 1 unspecified atom stereocenters. The molecular weight excluding hydrogens is 370 g/mol. The zero-order valence-electron chi connectivity index (χ0n) is 19.2. The van der Waals surface area contributed by atoms with E-state index >= 15 is 0 Å². The van der Waals surface area contributed by atoms with E-state index in [4.69, 9.17) is 4.74 Å². The van der Waals surface area contributed by atoms with Gasteiger partial charge in [0, 0.05) is 12.6 Å². The molecule has 29 heavy (non-hydrogen) atoms. The largest absolute Gasteiger partial charge is 0.463 e. The second-order valence-electron chi connectivity index (χ2n) is 8.22. The number of likely N-dealkylation sites (tertiary alicyclic amines) is 1. The van der Waals surface area contributed by atoms with Crippen molar-refractivity contribution >= 4 is 17.8 Å². The molecule has 1 aliphatic rings. The zero-order valence-corrected chi connectivity index (χ0v) is 19.2. The fraction of sp³-hybridized carbons (Fsp3) is 0.773. The maximum absolute atomic E-state index is 13.1. The maximum atomic E-state index is 13.1. The summed E-state index contributed by atoms with van der Waals surface area (Å²) >= 11 is 0. The Morgan fingerprint density at radius 2 is 1.90 bits per heavy atom. The van der Waals surface area contributed by atoms with E-state index in [9.17, 15) is 14.4 Å². The van der Waals surface area contributed by atoms with Crippen LogP contribution in [0.2, 0.25) is 0 Å². The van der Waals surface area contributed by atoms with Crippen molar-refractivity contribution in [3.63, 3.8) is 0 Å². The summed E-state index contributed by atoms with van der Waals surface area (Å²) in [7, 11) is 3.68. The summed E-state index contributed by atoms with van der Waals surface area (Å²) in [6, 6.07) is -1.03. The van der Waals surface area contributed by atoms with E-state index < -0.39 is 6.04 Å². The molecule has 166 valence electrons. The fourth-order valence-electron chi connectivity index (χ4n) is 3.73. The molecule has 1 N–H and O–H groups in total. The second kappa shape index (κ2) is 12.0. The lowest BCUT2D eigenvalue weighted by Gasteiger charge is -2.35. The first kappa shape index (κ1) is 25.1. The number of nitrogens with one attached hydrogen (secondary N) is 1. The highest BCUT2D eigenvalue weighted by molar-refractivity contribution is 5.90. The van der Waals surface area contributed by atoms with E-state index in [2.05, 4.69) is 10.2 Å². The lowest BCUT2D eigenvalue weighted by Crippen LogP contribution is -2.55. The Balaban J connectivity index is 2.90. The van der Waals surface area contributed by atoms with E-state index in [1.165, 1.54) is 0 Å². The molecular formula is C22H39N3O4. The van der Waals surface area contributed by atoms with Gasteiger partial charge < -0.3 is 15.0 Å². The van der Waals surface area contributed by atoms with Gasteiger partial charge in [-0.1, -0.05) is 33.3 Å². The summed E-state index contributed by atoms with van der Waals surface area (Å²) in [6.45, 7) is 10.6. The fourth-order valence-corrected chi connectivity index (χ4v) is 3.73. The number of rotatable bonds is 9. The van der Waals surface area contributed by atoms with Crippen LogP contribution in [0.15, 0.2) is 11.6 Å². The topological polar surface area (TPSA) is 79.0 Å². The van der Waals surface area contributed by atoms with E-state index in [-0.39, 0.29) is 35.8 Å². The lowest BCUT2D eigenvalue weighted by atomic mass is 9.98. The molecule has 2 amide bonds. The lowest BCUT2D eigenvalue weighted by molar-refractivity contribution is -0.139. The Morgan fingerprint density at radius 3 is 2.41 bits per heavy atom. The molecule has 7 nitrogen and oxygen atoms in total. The molecule has 0 aliphatic carbocycles. The first-order valence-corrected chi connectivity index (χ1v) is 10.8. The molecule has 0 saturated carbocycles. The third kappa shape index (κ3) is 7.14. The van der Waals surface area contributed by atoms with Crippen LogP contribution in [-0.2, 0) is 19.1 Å². The smallest absolute Gasteiger partial charge is 0.333 e. The van der Waals surface area contributed by atoms with Crippen molar-refractivity contribution in [2.24, 2.45) is 5.92 Å². The first-order chi connectivity index (χ1) is 13.6. The van der Waals surface area contributed by atoms with Gasteiger partial charge in [0.2, 0.25) is 11.8 Å². The van der Waals surface area contributed by atoms with Crippen molar-refractivity contribution in [2.75, 3.05) is 27.2 Å². The van der Waals surface area contributed by atoms with Crippen molar-refractivity contribution in [2.45, 2.75) is 78.4 Å². The molecule has 0 radical (unpaired) electrons. The number of amides is 2. The predicted octanol–water partition coefficient (Wildman–Crippen LogP) is 2.36.